The van der Waals surface area contributed by atoms with E-state index in [4.69, 9.17) is 16.1 Å². The largest absolute Gasteiger partial charge is 0.361 e. The van der Waals surface area contributed by atoms with Crippen LogP contribution in [0.1, 0.15) is 17.0 Å². The summed E-state index contributed by atoms with van der Waals surface area (Å²) >= 11 is 5.91. The molecule has 0 amide bonds. The molecule has 2 aromatic carbocycles. The van der Waals surface area contributed by atoms with E-state index in [0.717, 1.165) is 22.2 Å². The lowest BCUT2D eigenvalue weighted by Crippen LogP contribution is -2.18. The molecule has 36 heavy (non-hydrogen) atoms. The molecule has 0 aliphatic heterocycles. The Morgan fingerprint density at radius 2 is 1.86 bits per heavy atom. The summed E-state index contributed by atoms with van der Waals surface area (Å²) in [5, 5.41) is 4.80. The topological polar surface area (TPSA) is 95.1 Å². The van der Waals surface area contributed by atoms with Crippen LogP contribution in [-0.4, -0.2) is 34.7 Å². The Hall–Kier alpha value is -3.75. The number of aromatic nitrogens is 3. The maximum absolute atomic E-state index is 13.3. The van der Waals surface area contributed by atoms with Gasteiger partial charge in [0.05, 0.1) is 17.0 Å². The molecule has 0 spiro atoms. The number of rotatable bonds is 8. The Balaban J connectivity index is 1.44. The van der Waals surface area contributed by atoms with Crippen LogP contribution < -0.4 is 0 Å². The van der Waals surface area contributed by atoms with E-state index >= 15 is 0 Å². The molecular weight excluding hydrogens is 498 g/mol. The van der Waals surface area contributed by atoms with Gasteiger partial charge < -0.3 is 9.09 Å². The normalized spacial score (nSPS) is 11.7. The molecule has 7 nitrogen and oxygen atoms in total. The van der Waals surface area contributed by atoms with Crippen LogP contribution in [0.5, 0.6) is 0 Å². The molecule has 0 atom stereocenters. The summed E-state index contributed by atoms with van der Waals surface area (Å²) in [5.74, 6) is -0.476. The van der Waals surface area contributed by atoms with Gasteiger partial charge in [-0.15, -0.1) is 0 Å². The first kappa shape index (κ1) is 24.0. The molecule has 0 aliphatic rings. The average molecular weight is 520 g/mol. The number of hydrogen-bond donors (Lipinski definition) is 0. The van der Waals surface area contributed by atoms with E-state index in [-0.39, 0.29) is 11.3 Å². The van der Waals surface area contributed by atoms with Gasteiger partial charge in [-0.3, -0.25) is 4.79 Å². The number of pyridine rings is 1. The molecule has 0 unspecified atom stereocenters. The number of para-hydroxylation sites is 1. The Morgan fingerprint density at radius 1 is 1.03 bits per heavy atom. The van der Waals surface area contributed by atoms with E-state index in [9.17, 15) is 13.2 Å². The summed E-state index contributed by atoms with van der Waals surface area (Å²) in [7, 11) is -3.88. The third-order valence-electron chi connectivity index (χ3n) is 5.83. The van der Waals surface area contributed by atoms with Crippen LogP contribution in [0.4, 0.5) is 0 Å². The van der Waals surface area contributed by atoms with Crippen LogP contribution in [0.2, 0.25) is 5.15 Å². The zero-order valence-corrected chi connectivity index (χ0v) is 21.0. The van der Waals surface area contributed by atoms with Crippen LogP contribution in [0, 0.1) is 6.92 Å². The van der Waals surface area contributed by atoms with Crippen molar-refractivity contribution in [2.75, 3.05) is 5.75 Å². The monoisotopic (exact) mass is 519 g/mol. The number of sulfone groups is 1. The molecule has 5 rings (SSSR count). The summed E-state index contributed by atoms with van der Waals surface area (Å²) < 4.78 is 33.4. The smallest absolute Gasteiger partial charge is 0.187 e. The highest BCUT2D eigenvalue weighted by atomic mass is 35.5. The maximum Gasteiger partial charge on any atom is 0.187 e. The summed E-state index contributed by atoms with van der Waals surface area (Å²) in [4.78, 5) is 16.8. The van der Waals surface area contributed by atoms with Gasteiger partial charge >= 0.3 is 0 Å². The van der Waals surface area contributed by atoms with Gasteiger partial charge in [-0.1, -0.05) is 53.2 Å². The molecule has 0 saturated carbocycles. The lowest BCUT2D eigenvalue weighted by atomic mass is 10.0. The number of nitrogens with zero attached hydrogens (tertiary/aromatic N) is 3. The lowest BCUT2D eigenvalue weighted by molar-refractivity contribution is -0.116. The molecular formula is C27H22ClN3O4S. The Kier molecular flexibility index (Phi) is 6.47. The molecule has 0 bridgehead atoms. The van der Waals surface area contributed by atoms with Gasteiger partial charge in [0.2, 0.25) is 0 Å². The van der Waals surface area contributed by atoms with E-state index < -0.39 is 21.4 Å². The third-order valence-corrected chi connectivity index (χ3v) is 7.75. The van der Waals surface area contributed by atoms with E-state index in [1.54, 1.807) is 43.6 Å². The molecule has 9 heteroatoms. The van der Waals surface area contributed by atoms with E-state index in [1.807, 2.05) is 47.0 Å². The van der Waals surface area contributed by atoms with Crippen molar-refractivity contribution >= 4 is 38.1 Å². The predicted molar refractivity (Wildman–Crippen MR) is 138 cm³/mol. The summed E-state index contributed by atoms with van der Waals surface area (Å²) in [6.45, 7) is 2.17. The van der Waals surface area contributed by atoms with Gasteiger partial charge in [-0.2, -0.15) is 0 Å². The molecule has 3 heterocycles. The fourth-order valence-electron chi connectivity index (χ4n) is 4.23. The number of halogens is 1. The number of carbonyl (C=O) groups is 1. The van der Waals surface area contributed by atoms with Gasteiger partial charge in [0.25, 0.3) is 0 Å². The minimum absolute atomic E-state index is 0.0957. The number of carbonyl (C=O) groups excluding carboxylic acids is 1. The van der Waals surface area contributed by atoms with Crippen molar-refractivity contribution in [3.63, 3.8) is 0 Å². The zero-order chi connectivity index (χ0) is 25.3. The summed E-state index contributed by atoms with van der Waals surface area (Å²) in [6.07, 6.45) is 3.24. The molecule has 5 aromatic rings. The minimum Gasteiger partial charge on any atom is -0.361 e. The molecule has 0 fully saturated rings. The third kappa shape index (κ3) is 5.10. The average Bonchev–Trinajstić information content (AvgIpc) is 3.43. The van der Waals surface area contributed by atoms with Crippen molar-refractivity contribution in [1.82, 2.24) is 14.7 Å². The van der Waals surface area contributed by atoms with Gasteiger partial charge in [-0.05, 0) is 42.3 Å². The molecule has 0 radical (unpaired) electrons. The van der Waals surface area contributed by atoms with E-state index in [2.05, 4.69) is 10.1 Å². The van der Waals surface area contributed by atoms with Crippen LogP contribution >= 0.6 is 11.6 Å². The second-order valence-electron chi connectivity index (χ2n) is 8.61. The van der Waals surface area contributed by atoms with Crippen molar-refractivity contribution in [3.8, 4) is 11.1 Å². The zero-order valence-electron chi connectivity index (χ0n) is 19.4. The van der Waals surface area contributed by atoms with Crippen LogP contribution in [0.15, 0.2) is 88.5 Å². The number of hydrogen-bond acceptors (Lipinski definition) is 6. The van der Waals surface area contributed by atoms with Crippen LogP contribution in [-0.2, 0) is 27.6 Å². The van der Waals surface area contributed by atoms with E-state index in [1.165, 1.54) is 0 Å². The fraction of sp³-hybridized carbons (Fsp3) is 0.148. The number of ketones is 1. The molecule has 0 aliphatic carbocycles. The molecule has 182 valence electrons. The number of fused-ring (bicyclic) bond motifs is 1. The number of aryl methyl sites for hydroxylation is 1. The number of benzene rings is 2. The first-order valence-electron chi connectivity index (χ1n) is 11.2. The second kappa shape index (κ2) is 9.72. The van der Waals surface area contributed by atoms with Crippen LogP contribution in [0.3, 0.4) is 0 Å². The lowest BCUT2D eigenvalue weighted by Gasteiger charge is -2.08. The SMILES string of the molecule is Cc1cc(CC(=O)CS(=O)(=O)c2cn(Cc3cccc(-c4ccc(Cl)nc4)c3)c3ccccc23)no1. The Bertz CT molecular complexity index is 1670. The Morgan fingerprint density at radius 3 is 2.61 bits per heavy atom. The highest BCUT2D eigenvalue weighted by molar-refractivity contribution is 7.92. The highest BCUT2D eigenvalue weighted by Crippen LogP contribution is 2.28. The van der Waals surface area contributed by atoms with Crippen molar-refractivity contribution < 1.29 is 17.7 Å². The first-order chi connectivity index (χ1) is 17.3. The quantitative estimate of drug-likeness (QED) is 0.259. The predicted octanol–water partition coefficient (Wildman–Crippen LogP) is 5.29. The number of Topliss-reactive ketones (excluding diaryl/α,β-unsaturated/α-hetero) is 1. The Labute approximate surface area is 213 Å². The van der Waals surface area contributed by atoms with Crippen molar-refractivity contribution in [2.45, 2.75) is 24.8 Å². The second-order valence-corrected chi connectivity index (χ2v) is 11.0. The maximum atomic E-state index is 13.3. The summed E-state index contributed by atoms with van der Waals surface area (Å²) in [6, 6.07) is 20.5. The van der Waals surface area contributed by atoms with Crippen molar-refractivity contribution in [1.29, 1.82) is 0 Å². The molecule has 3 aromatic heterocycles. The fourth-order valence-corrected chi connectivity index (χ4v) is 5.82. The van der Waals surface area contributed by atoms with Gasteiger partial charge in [0.15, 0.2) is 15.6 Å². The van der Waals surface area contributed by atoms with Crippen molar-refractivity contribution in [3.05, 3.63) is 101 Å². The van der Waals surface area contributed by atoms with Gasteiger partial charge in [-0.25, -0.2) is 13.4 Å². The van der Waals surface area contributed by atoms with E-state index in [0.29, 0.717) is 28.5 Å². The standard InChI is InChI=1S/C27H22ClN3O4S/c1-18-11-22(30-35-18)13-23(32)17-36(33,34)26-16-31(25-8-3-2-7-24(25)26)15-19-5-4-6-20(12-19)21-9-10-27(28)29-14-21/h2-12,14,16H,13,15,17H2,1H3. The van der Waals surface area contributed by atoms with Gasteiger partial charge in [0, 0.05) is 41.5 Å². The van der Waals surface area contributed by atoms with Crippen LogP contribution in [0.25, 0.3) is 22.0 Å². The van der Waals surface area contributed by atoms with Crippen molar-refractivity contribution in [2.24, 2.45) is 0 Å². The molecule has 0 N–H and O–H groups in total. The first-order valence-corrected chi connectivity index (χ1v) is 13.3. The van der Waals surface area contributed by atoms with Gasteiger partial charge in [0.1, 0.15) is 16.7 Å². The summed E-state index contributed by atoms with van der Waals surface area (Å²) in [5.41, 5.74) is 4.10. The molecule has 0 saturated heterocycles. The minimum atomic E-state index is -3.88. The highest BCUT2D eigenvalue weighted by Gasteiger charge is 2.25.